The molecule has 0 aliphatic heterocycles. The smallest absolute Gasteiger partial charge is 0.305 e. The van der Waals surface area contributed by atoms with Crippen molar-refractivity contribution in [1.29, 1.82) is 0 Å². The minimum Gasteiger partial charge on any atom is -0.508 e. The molecular weight excluding hydrogens is 376 g/mol. The zero-order chi connectivity index (χ0) is 21.8. The third-order valence-corrected chi connectivity index (χ3v) is 4.41. The number of nitrogens with one attached hydrogen (secondary N) is 2. The van der Waals surface area contributed by atoms with Crippen molar-refractivity contribution in [3.63, 3.8) is 0 Å². The van der Waals surface area contributed by atoms with Gasteiger partial charge >= 0.3 is 5.97 Å². The van der Waals surface area contributed by atoms with E-state index >= 15 is 0 Å². The summed E-state index contributed by atoms with van der Waals surface area (Å²) in [5, 5.41) is 14.7. The molecule has 0 aliphatic carbocycles. The topological polar surface area (TPSA) is 122 Å². The lowest BCUT2D eigenvalue weighted by atomic mass is 10.0. The first kappa shape index (κ1) is 24.1. The van der Waals surface area contributed by atoms with Crippen LogP contribution in [0.5, 0.6) is 5.75 Å². The fraction of sp³-hybridized carbons (Fsp3) is 0.524. The number of unbranched alkanes of at least 4 members (excludes halogenated alkanes) is 1. The summed E-state index contributed by atoms with van der Waals surface area (Å²) in [4.78, 5) is 47.2. The molecule has 2 atom stereocenters. The van der Waals surface area contributed by atoms with Gasteiger partial charge in [0.1, 0.15) is 18.1 Å². The van der Waals surface area contributed by atoms with Gasteiger partial charge in [-0.2, -0.15) is 0 Å². The van der Waals surface area contributed by atoms with Crippen LogP contribution in [0.1, 0.15) is 45.1 Å². The van der Waals surface area contributed by atoms with Gasteiger partial charge in [0.2, 0.25) is 11.8 Å². The van der Waals surface area contributed by atoms with Gasteiger partial charge in [-0.25, -0.2) is 0 Å². The Labute approximate surface area is 171 Å². The molecule has 2 amide bonds. The lowest BCUT2D eigenvalue weighted by molar-refractivity contribution is -0.140. The number of aldehydes is 1. The van der Waals surface area contributed by atoms with Crippen molar-refractivity contribution in [2.75, 3.05) is 7.11 Å². The number of carbonyl (C=O) groups excluding carboxylic acids is 4. The molecule has 0 bridgehead atoms. The summed E-state index contributed by atoms with van der Waals surface area (Å²) in [7, 11) is 1.31. The van der Waals surface area contributed by atoms with Crippen molar-refractivity contribution >= 4 is 24.1 Å². The van der Waals surface area contributed by atoms with Crippen molar-refractivity contribution in [1.82, 2.24) is 10.6 Å². The number of carbonyl (C=O) groups is 4. The zero-order valence-electron chi connectivity index (χ0n) is 17.1. The molecule has 0 fully saturated rings. The summed E-state index contributed by atoms with van der Waals surface area (Å²) >= 11 is 0. The molecule has 8 nitrogen and oxygen atoms in total. The fourth-order valence-corrected chi connectivity index (χ4v) is 2.73. The number of hydrogen-bond acceptors (Lipinski definition) is 6. The minimum atomic E-state index is -0.773. The van der Waals surface area contributed by atoms with Gasteiger partial charge in [0.15, 0.2) is 0 Å². The molecule has 0 aliphatic rings. The van der Waals surface area contributed by atoms with Crippen LogP contribution in [-0.4, -0.2) is 48.4 Å². The molecule has 8 heteroatoms. The molecule has 0 spiro atoms. The standard InChI is InChI=1S/C21H30N2O6/c1-14(2)20(23-18(26)6-4-5-7-19(27)29-3)21(28)22-16(13-24)12-15-8-10-17(25)11-9-15/h8-11,13-14,16,20,25H,4-7,12H2,1-3H3,(H,22,28)(H,23,26). The second kappa shape index (κ2) is 12.5. The van der Waals surface area contributed by atoms with Crippen molar-refractivity contribution < 1.29 is 29.0 Å². The summed E-state index contributed by atoms with van der Waals surface area (Å²) in [6.45, 7) is 3.61. The third-order valence-electron chi connectivity index (χ3n) is 4.41. The van der Waals surface area contributed by atoms with Crippen molar-refractivity contribution in [3.8, 4) is 5.75 Å². The van der Waals surface area contributed by atoms with Crippen molar-refractivity contribution in [3.05, 3.63) is 29.8 Å². The number of hydrogen-bond donors (Lipinski definition) is 3. The maximum Gasteiger partial charge on any atom is 0.305 e. The Balaban J connectivity index is 2.56. The van der Waals surface area contributed by atoms with Gasteiger partial charge in [0.05, 0.1) is 13.2 Å². The summed E-state index contributed by atoms with van der Waals surface area (Å²) in [6, 6.07) is 4.85. The molecule has 0 saturated heterocycles. The molecule has 0 heterocycles. The van der Waals surface area contributed by atoms with Gasteiger partial charge in [-0.3, -0.25) is 14.4 Å². The van der Waals surface area contributed by atoms with Crippen LogP contribution < -0.4 is 10.6 Å². The largest absolute Gasteiger partial charge is 0.508 e. The number of phenols is 1. The van der Waals surface area contributed by atoms with Crippen LogP contribution in [0.4, 0.5) is 0 Å². The summed E-state index contributed by atoms with van der Waals surface area (Å²) in [6.07, 6.45) is 2.40. The van der Waals surface area contributed by atoms with Crippen molar-refractivity contribution in [2.24, 2.45) is 5.92 Å². The predicted octanol–water partition coefficient (Wildman–Crippen LogP) is 1.49. The van der Waals surface area contributed by atoms with Crippen LogP contribution in [0.3, 0.4) is 0 Å². The lowest BCUT2D eigenvalue weighted by Crippen LogP contribution is -2.52. The summed E-state index contributed by atoms with van der Waals surface area (Å²) in [5.74, 6) is -1.09. The van der Waals surface area contributed by atoms with E-state index < -0.39 is 18.0 Å². The van der Waals surface area contributed by atoms with Gasteiger partial charge in [-0.05, 0) is 42.9 Å². The molecule has 1 aromatic rings. The Hall–Kier alpha value is -2.90. The number of rotatable bonds is 12. The van der Waals surface area contributed by atoms with E-state index in [0.29, 0.717) is 19.1 Å². The predicted molar refractivity (Wildman–Crippen MR) is 107 cm³/mol. The van der Waals surface area contributed by atoms with Gasteiger partial charge in [0, 0.05) is 12.8 Å². The normalized spacial score (nSPS) is 12.7. The van der Waals surface area contributed by atoms with E-state index in [1.807, 2.05) is 0 Å². The van der Waals surface area contributed by atoms with Crippen LogP contribution in [0.2, 0.25) is 0 Å². The number of ether oxygens (including phenoxy) is 1. The van der Waals surface area contributed by atoms with E-state index in [0.717, 1.165) is 5.56 Å². The SMILES string of the molecule is COC(=O)CCCCC(=O)NC(C(=O)NC(C=O)Cc1ccc(O)cc1)C(C)C. The van der Waals surface area contributed by atoms with Gasteiger partial charge in [-0.1, -0.05) is 26.0 Å². The highest BCUT2D eigenvalue weighted by Crippen LogP contribution is 2.11. The van der Waals surface area contributed by atoms with Crippen LogP contribution >= 0.6 is 0 Å². The van der Waals surface area contributed by atoms with E-state index in [4.69, 9.17) is 0 Å². The number of aromatic hydroxyl groups is 1. The minimum absolute atomic E-state index is 0.120. The number of benzene rings is 1. The Morgan fingerprint density at radius 2 is 1.69 bits per heavy atom. The third kappa shape index (κ3) is 9.23. The van der Waals surface area contributed by atoms with Crippen LogP contribution in [0.25, 0.3) is 0 Å². The van der Waals surface area contributed by atoms with E-state index in [9.17, 15) is 24.3 Å². The van der Waals surface area contributed by atoms with Crippen LogP contribution in [-0.2, 0) is 30.3 Å². The number of amides is 2. The number of esters is 1. The Morgan fingerprint density at radius 1 is 1.07 bits per heavy atom. The van der Waals surface area contributed by atoms with E-state index in [2.05, 4.69) is 15.4 Å². The molecule has 0 saturated carbocycles. The average molecular weight is 406 g/mol. The highest BCUT2D eigenvalue weighted by Gasteiger charge is 2.26. The van der Waals surface area contributed by atoms with E-state index in [-0.39, 0.29) is 42.8 Å². The van der Waals surface area contributed by atoms with Crippen molar-refractivity contribution in [2.45, 2.75) is 58.0 Å². The summed E-state index contributed by atoms with van der Waals surface area (Å²) in [5.41, 5.74) is 0.788. The molecule has 3 N–H and O–H groups in total. The summed E-state index contributed by atoms with van der Waals surface area (Å²) < 4.78 is 4.55. The lowest BCUT2D eigenvalue weighted by Gasteiger charge is -2.23. The number of phenolic OH excluding ortho intramolecular Hbond substituents is 1. The van der Waals surface area contributed by atoms with Gasteiger partial charge in [0.25, 0.3) is 0 Å². The zero-order valence-corrected chi connectivity index (χ0v) is 17.1. The fourth-order valence-electron chi connectivity index (χ4n) is 2.73. The molecule has 2 unspecified atom stereocenters. The molecule has 1 rings (SSSR count). The quantitative estimate of drug-likeness (QED) is 0.275. The number of methoxy groups -OCH3 is 1. The molecule has 0 aromatic heterocycles. The highest BCUT2D eigenvalue weighted by atomic mass is 16.5. The maximum absolute atomic E-state index is 12.6. The first-order chi connectivity index (χ1) is 13.8. The monoisotopic (exact) mass is 406 g/mol. The van der Waals surface area contributed by atoms with Crippen LogP contribution in [0, 0.1) is 5.92 Å². The molecule has 160 valence electrons. The molecule has 29 heavy (non-hydrogen) atoms. The Bertz CT molecular complexity index is 687. The molecule has 0 radical (unpaired) electrons. The second-order valence-electron chi connectivity index (χ2n) is 7.19. The highest BCUT2D eigenvalue weighted by molar-refractivity contribution is 5.89. The second-order valence-corrected chi connectivity index (χ2v) is 7.19. The maximum atomic E-state index is 12.6. The first-order valence-corrected chi connectivity index (χ1v) is 9.66. The average Bonchev–Trinajstić information content (AvgIpc) is 2.69. The van der Waals surface area contributed by atoms with E-state index in [1.54, 1.807) is 26.0 Å². The molecule has 1 aromatic carbocycles. The molecular formula is C21H30N2O6. The Morgan fingerprint density at radius 3 is 2.24 bits per heavy atom. The van der Waals surface area contributed by atoms with Crippen LogP contribution in [0.15, 0.2) is 24.3 Å². The van der Waals surface area contributed by atoms with Gasteiger partial charge < -0.3 is 25.3 Å². The van der Waals surface area contributed by atoms with E-state index in [1.165, 1.54) is 19.2 Å². The van der Waals surface area contributed by atoms with Gasteiger partial charge in [-0.15, -0.1) is 0 Å². The first-order valence-electron chi connectivity index (χ1n) is 9.66. The Kier molecular flexibility index (Phi) is 10.4.